The molecule has 0 saturated heterocycles. The summed E-state index contributed by atoms with van der Waals surface area (Å²) in [5.74, 6) is 0.591. The van der Waals surface area contributed by atoms with E-state index >= 15 is 0 Å². The number of methoxy groups -OCH3 is 1. The topological polar surface area (TPSA) is 79.9 Å². The number of amides is 1. The molecule has 0 unspecified atom stereocenters. The highest BCUT2D eigenvalue weighted by atomic mass is 16.5. The molecule has 21 heavy (non-hydrogen) atoms. The van der Waals surface area contributed by atoms with Crippen LogP contribution in [0.1, 0.15) is 35.4 Å². The van der Waals surface area contributed by atoms with Crippen molar-refractivity contribution in [3.05, 3.63) is 41.5 Å². The van der Waals surface area contributed by atoms with Crippen molar-refractivity contribution in [3.63, 3.8) is 0 Å². The van der Waals surface area contributed by atoms with Gasteiger partial charge in [-0.25, -0.2) is 4.98 Å². The molecule has 2 rings (SSSR count). The summed E-state index contributed by atoms with van der Waals surface area (Å²) < 4.78 is 5.08. The summed E-state index contributed by atoms with van der Waals surface area (Å²) in [6, 6.07) is 7.65. The molecule has 1 aromatic heterocycles. The van der Waals surface area contributed by atoms with Crippen LogP contribution in [0.15, 0.2) is 24.3 Å². The van der Waals surface area contributed by atoms with E-state index in [0.717, 1.165) is 36.3 Å². The van der Waals surface area contributed by atoms with Crippen LogP contribution in [0.3, 0.4) is 0 Å². The summed E-state index contributed by atoms with van der Waals surface area (Å²) in [6.45, 7) is 2.66. The van der Waals surface area contributed by atoms with Crippen LogP contribution in [0.2, 0.25) is 0 Å². The molecular weight excluding hydrogens is 268 g/mol. The first kappa shape index (κ1) is 15.2. The zero-order valence-corrected chi connectivity index (χ0v) is 12.3. The number of anilines is 1. The number of aryl methyl sites for hydroxylation is 1. The Morgan fingerprint density at radius 2 is 2.14 bits per heavy atom. The van der Waals surface area contributed by atoms with Crippen molar-refractivity contribution in [3.8, 4) is 0 Å². The van der Waals surface area contributed by atoms with Crippen LogP contribution in [0.5, 0.6) is 0 Å². The molecule has 0 aliphatic rings. The maximum absolute atomic E-state index is 12.2. The van der Waals surface area contributed by atoms with Gasteiger partial charge in [-0.2, -0.15) is 0 Å². The lowest BCUT2D eigenvalue weighted by molar-refractivity contribution is 0.101. The Kier molecular flexibility index (Phi) is 5.45. The third-order valence-corrected chi connectivity index (χ3v) is 3.06. The number of aromatic nitrogens is 3. The molecule has 0 aliphatic carbocycles. The Hall–Kier alpha value is -2.21. The van der Waals surface area contributed by atoms with Crippen LogP contribution in [-0.4, -0.2) is 34.8 Å². The van der Waals surface area contributed by atoms with E-state index in [1.165, 1.54) is 0 Å². The Bertz CT molecular complexity index is 595. The third kappa shape index (κ3) is 4.13. The molecule has 0 aliphatic heterocycles. The van der Waals surface area contributed by atoms with Crippen molar-refractivity contribution in [2.24, 2.45) is 0 Å². The van der Waals surface area contributed by atoms with E-state index in [-0.39, 0.29) is 11.7 Å². The SMILES string of the molecule is CCCc1nc(C(=O)Nc2ccccc2CCOC)n[nH]1. The highest BCUT2D eigenvalue weighted by Crippen LogP contribution is 2.16. The van der Waals surface area contributed by atoms with Gasteiger partial charge in [0.15, 0.2) is 0 Å². The van der Waals surface area contributed by atoms with Gasteiger partial charge in [0.25, 0.3) is 5.91 Å². The van der Waals surface area contributed by atoms with E-state index in [1.807, 2.05) is 31.2 Å². The van der Waals surface area contributed by atoms with Crippen molar-refractivity contribution < 1.29 is 9.53 Å². The van der Waals surface area contributed by atoms with Gasteiger partial charge in [-0.3, -0.25) is 9.89 Å². The number of carbonyl (C=O) groups is 1. The Balaban J connectivity index is 2.07. The van der Waals surface area contributed by atoms with E-state index in [0.29, 0.717) is 6.61 Å². The Labute approximate surface area is 123 Å². The molecule has 0 radical (unpaired) electrons. The van der Waals surface area contributed by atoms with Crippen LogP contribution < -0.4 is 5.32 Å². The molecule has 2 N–H and O–H groups in total. The fourth-order valence-electron chi connectivity index (χ4n) is 2.00. The number of hydrogen-bond donors (Lipinski definition) is 2. The molecule has 6 nitrogen and oxygen atoms in total. The lowest BCUT2D eigenvalue weighted by atomic mass is 10.1. The standard InChI is InChI=1S/C15H20N4O2/c1-3-6-13-17-14(19-18-13)15(20)16-12-8-5-4-7-11(12)9-10-21-2/h4-5,7-8H,3,6,9-10H2,1-2H3,(H,16,20)(H,17,18,19). The lowest BCUT2D eigenvalue weighted by Gasteiger charge is -2.09. The van der Waals surface area contributed by atoms with Gasteiger partial charge in [0.2, 0.25) is 5.82 Å². The van der Waals surface area contributed by atoms with Crippen LogP contribution in [0.4, 0.5) is 5.69 Å². The van der Waals surface area contributed by atoms with E-state index in [4.69, 9.17) is 4.74 Å². The zero-order chi connectivity index (χ0) is 15.1. The zero-order valence-electron chi connectivity index (χ0n) is 12.3. The van der Waals surface area contributed by atoms with Crippen LogP contribution in [0, 0.1) is 0 Å². The quantitative estimate of drug-likeness (QED) is 0.818. The molecule has 112 valence electrons. The molecule has 0 fully saturated rings. The summed E-state index contributed by atoms with van der Waals surface area (Å²) >= 11 is 0. The van der Waals surface area contributed by atoms with Crippen molar-refractivity contribution in [2.75, 3.05) is 19.0 Å². The minimum absolute atomic E-state index is 0.167. The first-order valence-corrected chi connectivity index (χ1v) is 7.04. The second kappa shape index (κ2) is 7.54. The molecule has 1 aromatic carbocycles. The van der Waals surface area contributed by atoms with E-state index < -0.39 is 0 Å². The number of H-pyrrole nitrogens is 1. The summed E-state index contributed by atoms with van der Waals surface area (Å²) in [5.41, 5.74) is 1.79. The molecule has 0 atom stereocenters. The monoisotopic (exact) mass is 288 g/mol. The molecule has 0 bridgehead atoms. The number of rotatable bonds is 7. The third-order valence-electron chi connectivity index (χ3n) is 3.06. The van der Waals surface area contributed by atoms with Gasteiger partial charge in [0.1, 0.15) is 5.82 Å². The second-order valence-corrected chi connectivity index (χ2v) is 4.71. The number of para-hydroxylation sites is 1. The van der Waals surface area contributed by atoms with Crippen molar-refractivity contribution in [1.82, 2.24) is 15.2 Å². The molecule has 0 spiro atoms. The maximum atomic E-state index is 12.2. The number of carbonyl (C=O) groups excluding carboxylic acids is 1. The van der Waals surface area contributed by atoms with Crippen molar-refractivity contribution in [1.29, 1.82) is 0 Å². The van der Waals surface area contributed by atoms with Gasteiger partial charge in [-0.15, -0.1) is 5.10 Å². The second-order valence-electron chi connectivity index (χ2n) is 4.71. The highest BCUT2D eigenvalue weighted by molar-refractivity contribution is 6.01. The first-order chi connectivity index (χ1) is 10.2. The normalized spacial score (nSPS) is 10.6. The summed E-state index contributed by atoms with van der Waals surface area (Å²) in [7, 11) is 1.66. The summed E-state index contributed by atoms with van der Waals surface area (Å²) in [4.78, 5) is 16.4. The van der Waals surface area contributed by atoms with Gasteiger partial charge in [-0.05, 0) is 24.5 Å². The Morgan fingerprint density at radius 1 is 1.33 bits per heavy atom. The molecule has 1 amide bonds. The maximum Gasteiger partial charge on any atom is 0.295 e. The van der Waals surface area contributed by atoms with Crippen molar-refractivity contribution >= 4 is 11.6 Å². The van der Waals surface area contributed by atoms with Crippen LogP contribution in [-0.2, 0) is 17.6 Å². The van der Waals surface area contributed by atoms with Gasteiger partial charge in [-0.1, -0.05) is 25.1 Å². The first-order valence-electron chi connectivity index (χ1n) is 7.04. The van der Waals surface area contributed by atoms with E-state index in [2.05, 4.69) is 20.5 Å². The summed E-state index contributed by atoms with van der Waals surface area (Å²) in [6.07, 6.45) is 2.48. The van der Waals surface area contributed by atoms with Crippen molar-refractivity contribution in [2.45, 2.75) is 26.2 Å². The van der Waals surface area contributed by atoms with Gasteiger partial charge < -0.3 is 10.1 Å². The number of nitrogens with zero attached hydrogens (tertiary/aromatic N) is 2. The van der Waals surface area contributed by atoms with Gasteiger partial charge >= 0.3 is 0 Å². The van der Waals surface area contributed by atoms with Crippen LogP contribution in [0.25, 0.3) is 0 Å². The number of hydrogen-bond acceptors (Lipinski definition) is 4. The number of ether oxygens (including phenoxy) is 1. The number of nitrogens with one attached hydrogen (secondary N) is 2. The molecule has 1 heterocycles. The summed E-state index contributed by atoms with van der Waals surface area (Å²) in [5, 5.41) is 9.58. The minimum atomic E-state index is -0.307. The molecule has 6 heteroatoms. The van der Waals surface area contributed by atoms with E-state index in [1.54, 1.807) is 7.11 Å². The van der Waals surface area contributed by atoms with Gasteiger partial charge in [0, 0.05) is 19.2 Å². The predicted octanol–water partition coefficient (Wildman–Crippen LogP) is 2.20. The minimum Gasteiger partial charge on any atom is -0.384 e. The average molecular weight is 288 g/mol. The van der Waals surface area contributed by atoms with Crippen LogP contribution >= 0.6 is 0 Å². The number of benzene rings is 1. The molecule has 2 aromatic rings. The fraction of sp³-hybridized carbons (Fsp3) is 0.400. The predicted molar refractivity (Wildman–Crippen MR) is 80.4 cm³/mol. The lowest BCUT2D eigenvalue weighted by Crippen LogP contribution is -2.15. The largest absolute Gasteiger partial charge is 0.384 e. The average Bonchev–Trinajstić information content (AvgIpc) is 2.95. The van der Waals surface area contributed by atoms with Gasteiger partial charge in [0.05, 0.1) is 6.61 Å². The molecular formula is C15H20N4O2. The van der Waals surface area contributed by atoms with E-state index in [9.17, 15) is 4.79 Å². The fourth-order valence-corrected chi connectivity index (χ4v) is 2.00. The number of aromatic amines is 1. The smallest absolute Gasteiger partial charge is 0.295 e. The molecule has 0 saturated carbocycles. The Morgan fingerprint density at radius 3 is 2.90 bits per heavy atom. The highest BCUT2D eigenvalue weighted by Gasteiger charge is 2.13.